The van der Waals surface area contributed by atoms with Crippen LogP contribution in [0.1, 0.15) is 38.5 Å². The summed E-state index contributed by atoms with van der Waals surface area (Å²) in [7, 11) is 0. The van der Waals surface area contributed by atoms with E-state index in [1.165, 1.54) is 12.1 Å². The first-order valence-corrected chi connectivity index (χ1v) is 6.40. The van der Waals surface area contributed by atoms with Crippen molar-refractivity contribution < 1.29 is 14.3 Å². The molecule has 1 fully saturated rings. The van der Waals surface area contributed by atoms with Crippen molar-refractivity contribution in [3.63, 3.8) is 0 Å². The number of carboxylic acid groups (broad SMARTS) is 1. The van der Waals surface area contributed by atoms with Gasteiger partial charge in [-0.15, -0.1) is 0 Å². The Labute approximate surface area is 106 Å². The normalized spacial score (nSPS) is 18.9. The highest BCUT2D eigenvalue weighted by Gasteiger charge is 2.38. The Morgan fingerprint density at radius 2 is 1.89 bits per heavy atom. The minimum Gasteiger partial charge on any atom is -0.480 e. The molecule has 1 aliphatic rings. The van der Waals surface area contributed by atoms with Gasteiger partial charge in [0.05, 0.1) is 0 Å². The molecule has 0 atom stereocenters. The number of anilines is 1. The molecule has 4 heteroatoms. The first kappa shape index (κ1) is 12.9. The van der Waals surface area contributed by atoms with Crippen LogP contribution in [0, 0.1) is 5.82 Å². The van der Waals surface area contributed by atoms with Crippen LogP contribution in [0.5, 0.6) is 0 Å². The van der Waals surface area contributed by atoms with Crippen molar-refractivity contribution in [3.05, 3.63) is 30.1 Å². The van der Waals surface area contributed by atoms with E-state index in [-0.39, 0.29) is 5.82 Å². The fourth-order valence-corrected chi connectivity index (χ4v) is 2.57. The molecule has 2 N–H and O–H groups in total. The quantitative estimate of drug-likeness (QED) is 0.809. The van der Waals surface area contributed by atoms with Crippen LogP contribution in [0.15, 0.2) is 24.3 Å². The van der Waals surface area contributed by atoms with Gasteiger partial charge in [0, 0.05) is 5.69 Å². The number of halogens is 1. The summed E-state index contributed by atoms with van der Waals surface area (Å²) >= 11 is 0. The van der Waals surface area contributed by atoms with Crippen LogP contribution >= 0.6 is 0 Å². The van der Waals surface area contributed by atoms with E-state index in [0.717, 1.165) is 25.7 Å². The summed E-state index contributed by atoms with van der Waals surface area (Å²) in [5.74, 6) is -1.19. The lowest BCUT2D eigenvalue weighted by atomic mass is 9.90. The number of hydrogen-bond acceptors (Lipinski definition) is 2. The second-order valence-corrected chi connectivity index (χ2v) is 4.94. The number of benzene rings is 1. The monoisotopic (exact) mass is 251 g/mol. The Morgan fingerprint density at radius 3 is 2.44 bits per heavy atom. The van der Waals surface area contributed by atoms with Gasteiger partial charge in [0.1, 0.15) is 11.4 Å². The van der Waals surface area contributed by atoms with Gasteiger partial charge in [0.2, 0.25) is 0 Å². The largest absolute Gasteiger partial charge is 0.480 e. The lowest BCUT2D eigenvalue weighted by Gasteiger charge is -2.30. The topological polar surface area (TPSA) is 49.3 Å². The molecule has 1 saturated carbocycles. The van der Waals surface area contributed by atoms with Crippen LogP contribution in [-0.4, -0.2) is 16.6 Å². The Morgan fingerprint density at radius 1 is 1.22 bits per heavy atom. The van der Waals surface area contributed by atoms with Crippen LogP contribution in [0.2, 0.25) is 0 Å². The van der Waals surface area contributed by atoms with E-state index in [2.05, 4.69) is 5.32 Å². The molecule has 0 amide bonds. The van der Waals surface area contributed by atoms with E-state index in [9.17, 15) is 14.3 Å². The zero-order chi connectivity index (χ0) is 13.0. The van der Waals surface area contributed by atoms with Gasteiger partial charge in [-0.3, -0.25) is 0 Å². The smallest absolute Gasteiger partial charge is 0.329 e. The van der Waals surface area contributed by atoms with Gasteiger partial charge in [-0.25, -0.2) is 9.18 Å². The van der Waals surface area contributed by atoms with Gasteiger partial charge in [0.15, 0.2) is 0 Å². The van der Waals surface area contributed by atoms with Crippen LogP contribution in [0.4, 0.5) is 10.1 Å². The fraction of sp³-hybridized carbons (Fsp3) is 0.500. The standard InChI is InChI=1S/C14H18FNO2/c15-11-6-5-7-12(10-11)16-14(13(17)18)8-3-1-2-4-9-14/h5-7,10,16H,1-4,8-9H2,(H,17,18). The predicted octanol–water partition coefficient (Wildman–Crippen LogP) is 3.42. The van der Waals surface area contributed by atoms with Crippen molar-refractivity contribution in [2.45, 2.75) is 44.1 Å². The Kier molecular flexibility index (Phi) is 3.84. The van der Waals surface area contributed by atoms with Gasteiger partial charge in [0.25, 0.3) is 0 Å². The maximum Gasteiger partial charge on any atom is 0.329 e. The zero-order valence-corrected chi connectivity index (χ0v) is 10.3. The molecule has 0 saturated heterocycles. The fourth-order valence-electron chi connectivity index (χ4n) is 2.57. The Hall–Kier alpha value is -1.58. The van der Waals surface area contributed by atoms with Gasteiger partial charge in [-0.05, 0) is 31.0 Å². The molecule has 1 aliphatic carbocycles. The molecule has 1 aromatic carbocycles. The summed E-state index contributed by atoms with van der Waals surface area (Å²) in [6, 6.07) is 5.99. The SMILES string of the molecule is O=C(O)C1(Nc2cccc(F)c2)CCCCCC1. The van der Waals surface area contributed by atoms with Crippen molar-refractivity contribution in [3.8, 4) is 0 Å². The third kappa shape index (κ3) is 2.81. The molecule has 3 nitrogen and oxygen atoms in total. The summed E-state index contributed by atoms with van der Waals surface area (Å²) in [4.78, 5) is 11.6. The molecular formula is C14H18FNO2. The highest BCUT2D eigenvalue weighted by molar-refractivity contribution is 5.82. The van der Waals surface area contributed by atoms with Crippen LogP contribution in [-0.2, 0) is 4.79 Å². The second kappa shape index (κ2) is 5.38. The molecule has 0 aromatic heterocycles. The van der Waals surface area contributed by atoms with Gasteiger partial charge in [-0.2, -0.15) is 0 Å². The minimum absolute atomic E-state index is 0.353. The predicted molar refractivity (Wildman–Crippen MR) is 68.1 cm³/mol. The summed E-state index contributed by atoms with van der Waals surface area (Å²) in [6.45, 7) is 0. The molecule has 0 bridgehead atoms. The lowest BCUT2D eigenvalue weighted by molar-refractivity contribution is -0.142. The van der Waals surface area contributed by atoms with E-state index in [4.69, 9.17) is 0 Å². The van der Waals surface area contributed by atoms with Crippen LogP contribution < -0.4 is 5.32 Å². The summed E-state index contributed by atoms with van der Waals surface area (Å²) < 4.78 is 13.1. The summed E-state index contributed by atoms with van der Waals surface area (Å²) in [6.07, 6.45) is 5.13. The highest BCUT2D eigenvalue weighted by Crippen LogP contribution is 2.31. The number of carboxylic acids is 1. The van der Waals surface area contributed by atoms with E-state index >= 15 is 0 Å². The van der Waals surface area contributed by atoms with Crippen LogP contribution in [0.25, 0.3) is 0 Å². The van der Waals surface area contributed by atoms with Crippen molar-refractivity contribution >= 4 is 11.7 Å². The van der Waals surface area contributed by atoms with Crippen LogP contribution in [0.3, 0.4) is 0 Å². The van der Waals surface area contributed by atoms with Crippen molar-refractivity contribution in [1.29, 1.82) is 0 Å². The number of nitrogens with one attached hydrogen (secondary N) is 1. The van der Waals surface area contributed by atoms with E-state index in [1.807, 2.05) is 0 Å². The number of rotatable bonds is 3. The third-order valence-corrected chi connectivity index (χ3v) is 3.57. The van der Waals surface area contributed by atoms with E-state index in [1.54, 1.807) is 12.1 Å². The first-order valence-electron chi connectivity index (χ1n) is 6.40. The molecule has 18 heavy (non-hydrogen) atoms. The van der Waals surface area contributed by atoms with Gasteiger partial charge in [-0.1, -0.05) is 31.7 Å². The molecule has 0 spiro atoms. The summed E-state index contributed by atoms with van der Waals surface area (Å²) in [5, 5.41) is 12.5. The van der Waals surface area contributed by atoms with E-state index in [0.29, 0.717) is 18.5 Å². The molecule has 0 unspecified atom stereocenters. The highest BCUT2D eigenvalue weighted by atomic mass is 19.1. The summed E-state index contributed by atoms with van der Waals surface area (Å²) in [5.41, 5.74) is -0.399. The van der Waals surface area contributed by atoms with Gasteiger partial charge < -0.3 is 10.4 Å². The molecule has 0 aliphatic heterocycles. The number of carbonyl (C=O) groups is 1. The maximum absolute atomic E-state index is 13.1. The maximum atomic E-state index is 13.1. The molecule has 0 radical (unpaired) electrons. The van der Waals surface area contributed by atoms with Crippen molar-refractivity contribution in [1.82, 2.24) is 0 Å². The molecule has 98 valence electrons. The number of aliphatic carboxylic acids is 1. The number of hydrogen-bond donors (Lipinski definition) is 2. The molecule has 2 rings (SSSR count). The average Bonchev–Trinajstić information content (AvgIpc) is 2.55. The second-order valence-electron chi connectivity index (χ2n) is 4.94. The van der Waals surface area contributed by atoms with Gasteiger partial charge >= 0.3 is 5.97 Å². The Balaban J connectivity index is 2.22. The molecular weight excluding hydrogens is 233 g/mol. The average molecular weight is 251 g/mol. The lowest BCUT2D eigenvalue weighted by Crippen LogP contribution is -2.46. The van der Waals surface area contributed by atoms with Crippen molar-refractivity contribution in [2.75, 3.05) is 5.32 Å². The molecule has 0 heterocycles. The molecule has 1 aromatic rings. The first-order chi connectivity index (χ1) is 8.62. The minimum atomic E-state index is -0.940. The van der Waals surface area contributed by atoms with Crippen molar-refractivity contribution in [2.24, 2.45) is 0 Å². The third-order valence-electron chi connectivity index (χ3n) is 3.57. The van der Waals surface area contributed by atoms with E-state index < -0.39 is 11.5 Å². The zero-order valence-electron chi connectivity index (χ0n) is 10.3. The Bertz CT molecular complexity index is 426.